The Morgan fingerprint density at radius 2 is 1.83 bits per heavy atom. The Labute approximate surface area is 208 Å². The molecular formula is C25H29ClF2N2O5. The second kappa shape index (κ2) is 11.8. The number of nitrogens with one attached hydrogen (secondary N) is 1. The number of likely N-dealkylation sites (tertiary alicyclic amines) is 1. The molecule has 2 fully saturated rings. The standard InChI is InChI=1S/C25H28F2N2O5.ClH/c1-2-33-22(25(31)32)11-15-3-6-17(7-4-15)34-10-9-28-23-19-13-29(14-20(19)23)24(30)18-8-5-16(26)12-21(18)27;/h3-8,12,19-20,22-23,28H,2,9-11,13-14H2,1H3,(H,31,32);1H/t19-,20?,22-,23?;/m0./s1. The van der Waals surface area contributed by atoms with Crippen LogP contribution in [0.15, 0.2) is 42.5 Å². The normalized spacial score (nSPS) is 21.1. The second-order valence-corrected chi connectivity index (χ2v) is 8.62. The predicted octanol–water partition coefficient (Wildman–Crippen LogP) is 3.16. The molecule has 1 saturated carbocycles. The molecule has 1 amide bonds. The lowest BCUT2D eigenvalue weighted by Crippen LogP contribution is -2.36. The first kappa shape index (κ1) is 26.8. The summed E-state index contributed by atoms with van der Waals surface area (Å²) in [7, 11) is 0. The molecule has 0 aromatic heterocycles. The number of hydrogen-bond acceptors (Lipinski definition) is 5. The Bertz CT molecular complexity index is 1030. The van der Waals surface area contributed by atoms with Crippen LogP contribution in [0.5, 0.6) is 5.75 Å². The van der Waals surface area contributed by atoms with Crippen molar-refractivity contribution >= 4 is 24.3 Å². The zero-order chi connectivity index (χ0) is 24.2. The molecule has 190 valence electrons. The first-order valence-electron chi connectivity index (χ1n) is 11.4. The fourth-order valence-corrected chi connectivity index (χ4v) is 4.58. The molecule has 0 bridgehead atoms. The van der Waals surface area contributed by atoms with Gasteiger partial charge in [-0.15, -0.1) is 12.4 Å². The van der Waals surface area contributed by atoms with Crippen molar-refractivity contribution in [2.45, 2.75) is 25.5 Å². The van der Waals surface area contributed by atoms with Gasteiger partial charge in [0.15, 0.2) is 6.10 Å². The molecule has 2 aromatic rings. The summed E-state index contributed by atoms with van der Waals surface area (Å²) in [5, 5.41) is 12.6. The van der Waals surface area contributed by atoms with Crippen molar-refractivity contribution in [1.29, 1.82) is 0 Å². The molecule has 4 rings (SSSR count). The maximum Gasteiger partial charge on any atom is 0.333 e. The Hall–Kier alpha value is -2.75. The van der Waals surface area contributed by atoms with Crippen molar-refractivity contribution in [3.63, 3.8) is 0 Å². The number of carboxylic acids is 1. The topological polar surface area (TPSA) is 88.1 Å². The molecule has 1 saturated heterocycles. The lowest BCUT2D eigenvalue weighted by atomic mass is 10.1. The van der Waals surface area contributed by atoms with Gasteiger partial charge < -0.3 is 24.8 Å². The van der Waals surface area contributed by atoms with Gasteiger partial charge in [-0.3, -0.25) is 4.79 Å². The molecule has 1 aliphatic carbocycles. The average molecular weight is 511 g/mol. The molecule has 1 heterocycles. The van der Waals surface area contributed by atoms with Crippen LogP contribution >= 0.6 is 12.4 Å². The smallest absolute Gasteiger partial charge is 0.333 e. The van der Waals surface area contributed by atoms with Gasteiger partial charge in [-0.1, -0.05) is 12.1 Å². The van der Waals surface area contributed by atoms with Crippen LogP contribution in [0.3, 0.4) is 0 Å². The number of fused-ring (bicyclic) bond motifs is 1. The van der Waals surface area contributed by atoms with Crippen LogP contribution in [0.2, 0.25) is 0 Å². The molecule has 2 unspecified atom stereocenters. The largest absolute Gasteiger partial charge is 0.492 e. The number of halogens is 3. The number of hydrogen-bond donors (Lipinski definition) is 2. The minimum Gasteiger partial charge on any atom is -0.492 e. The number of benzene rings is 2. The van der Waals surface area contributed by atoms with Gasteiger partial charge in [0, 0.05) is 44.8 Å². The molecular weight excluding hydrogens is 482 g/mol. The second-order valence-electron chi connectivity index (χ2n) is 8.62. The van der Waals surface area contributed by atoms with Crippen molar-refractivity contribution in [1.82, 2.24) is 10.2 Å². The first-order valence-corrected chi connectivity index (χ1v) is 11.4. The fourth-order valence-electron chi connectivity index (χ4n) is 4.58. The van der Waals surface area contributed by atoms with E-state index in [0.717, 1.165) is 17.7 Å². The number of carboxylic acid groups (broad SMARTS) is 1. The van der Waals surface area contributed by atoms with E-state index >= 15 is 0 Å². The number of carbonyl (C=O) groups excluding carboxylic acids is 1. The number of carbonyl (C=O) groups is 2. The maximum absolute atomic E-state index is 13.9. The van der Waals surface area contributed by atoms with Crippen LogP contribution in [-0.2, 0) is 16.0 Å². The van der Waals surface area contributed by atoms with Crippen LogP contribution in [0, 0.1) is 23.5 Å². The summed E-state index contributed by atoms with van der Waals surface area (Å²) < 4.78 is 37.9. The number of aliphatic carboxylic acids is 1. The summed E-state index contributed by atoms with van der Waals surface area (Å²) in [6, 6.07) is 10.6. The van der Waals surface area contributed by atoms with E-state index < -0.39 is 29.6 Å². The third kappa shape index (κ3) is 6.48. The lowest BCUT2D eigenvalue weighted by Gasteiger charge is -2.20. The molecule has 10 heteroatoms. The minimum absolute atomic E-state index is 0. The Kier molecular flexibility index (Phi) is 9.04. The maximum atomic E-state index is 13.9. The highest BCUT2D eigenvalue weighted by Crippen LogP contribution is 2.45. The van der Waals surface area contributed by atoms with Crippen molar-refractivity contribution < 1.29 is 33.0 Å². The van der Waals surface area contributed by atoms with Crippen molar-refractivity contribution in [2.24, 2.45) is 11.8 Å². The van der Waals surface area contributed by atoms with Crippen molar-refractivity contribution in [3.8, 4) is 5.75 Å². The van der Waals surface area contributed by atoms with Gasteiger partial charge in [0.2, 0.25) is 0 Å². The zero-order valence-corrected chi connectivity index (χ0v) is 20.1. The lowest BCUT2D eigenvalue weighted by molar-refractivity contribution is -0.149. The summed E-state index contributed by atoms with van der Waals surface area (Å²) in [6.07, 6.45) is -0.567. The number of amides is 1. The molecule has 0 radical (unpaired) electrons. The van der Waals surface area contributed by atoms with Crippen molar-refractivity contribution in [2.75, 3.05) is 32.8 Å². The molecule has 2 aliphatic rings. The molecule has 35 heavy (non-hydrogen) atoms. The first-order chi connectivity index (χ1) is 16.4. The minimum atomic E-state index is -0.979. The zero-order valence-electron chi connectivity index (χ0n) is 19.3. The SMILES string of the molecule is CCO[C@@H](Cc1ccc(OCCNC2C3CN(C(=O)c4ccc(F)cc4F)C[C@@H]32)cc1)C(=O)O.Cl. The van der Waals surface area contributed by atoms with Crippen molar-refractivity contribution in [3.05, 3.63) is 65.2 Å². The number of ether oxygens (including phenoxy) is 2. The van der Waals surface area contributed by atoms with E-state index in [1.165, 1.54) is 6.07 Å². The third-order valence-corrected chi connectivity index (χ3v) is 6.38. The van der Waals surface area contributed by atoms with Crippen LogP contribution < -0.4 is 10.1 Å². The van der Waals surface area contributed by atoms with E-state index in [2.05, 4.69) is 5.32 Å². The predicted molar refractivity (Wildman–Crippen MR) is 127 cm³/mol. The highest BCUT2D eigenvalue weighted by Gasteiger charge is 2.56. The summed E-state index contributed by atoms with van der Waals surface area (Å²) in [6.45, 7) is 4.33. The van der Waals surface area contributed by atoms with E-state index in [0.29, 0.717) is 62.9 Å². The average Bonchev–Trinajstić information content (AvgIpc) is 3.24. The summed E-state index contributed by atoms with van der Waals surface area (Å²) >= 11 is 0. The van der Waals surface area contributed by atoms with Gasteiger partial charge in [0.25, 0.3) is 5.91 Å². The fraction of sp³-hybridized carbons (Fsp3) is 0.440. The molecule has 1 aliphatic heterocycles. The third-order valence-electron chi connectivity index (χ3n) is 6.38. The van der Waals surface area contributed by atoms with Gasteiger partial charge in [-0.05, 0) is 48.6 Å². The van der Waals surface area contributed by atoms with Gasteiger partial charge >= 0.3 is 5.97 Å². The van der Waals surface area contributed by atoms with E-state index in [4.69, 9.17) is 9.47 Å². The van der Waals surface area contributed by atoms with Crippen LogP contribution in [0.1, 0.15) is 22.8 Å². The van der Waals surface area contributed by atoms with Crippen LogP contribution in [0.25, 0.3) is 0 Å². The molecule has 0 spiro atoms. The van der Waals surface area contributed by atoms with E-state index in [1.54, 1.807) is 11.8 Å². The van der Waals surface area contributed by atoms with Crippen LogP contribution in [-0.4, -0.2) is 66.9 Å². The van der Waals surface area contributed by atoms with Crippen LogP contribution in [0.4, 0.5) is 8.78 Å². The molecule has 7 nitrogen and oxygen atoms in total. The van der Waals surface area contributed by atoms with Gasteiger partial charge in [0.1, 0.15) is 24.0 Å². The summed E-state index contributed by atoms with van der Waals surface area (Å²) in [4.78, 5) is 25.3. The Morgan fingerprint density at radius 3 is 2.43 bits per heavy atom. The number of nitrogens with zero attached hydrogens (tertiary/aromatic N) is 1. The number of piperidine rings is 1. The molecule has 2 N–H and O–H groups in total. The Balaban J connectivity index is 0.00000342. The van der Waals surface area contributed by atoms with Gasteiger partial charge in [-0.25, -0.2) is 13.6 Å². The Morgan fingerprint density at radius 1 is 1.14 bits per heavy atom. The quantitative estimate of drug-likeness (QED) is 0.452. The summed E-state index contributed by atoms with van der Waals surface area (Å²) in [5.74, 6) is -1.55. The van der Waals surface area contributed by atoms with Gasteiger partial charge in [0.05, 0.1) is 5.56 Å². The summed E-state index contributed by atoms with van der Waals surface area (Å²) in [5.41, 5.74) is 0.764. The highest BCUT2D eigenvalue weighted by atomic mass is 35.5. The van der Waals surface area contributed by atoms with E-state index in [9.17, 15) is 23.5 Å². The molecule has 2 aromatic carbocycles. The highest BCUT2D eigenvalue weighted by molar-refractivity contribution is 5.94. The van der Waals surface area contributed by atoms with E-state index in [-0.39, 0.29) is 18.0 Å². The molecule has 4 atom stereocenters. The van der Waals surface area contributed by atoms with Gasteiger partial charge in [-0.2, -0.15) is 0 Å². The van der Waals surface area contributed by atoms with E-state index in [1.807, 2.05) is 24.3 Å². The monoisotopic (exact) mass is 510 g/mol. The number of rotatable bonds is 11.